The van der Waals surface area contributed by atoms with Gasteiger partial charge in [0, 0.05) is 11.6 Å². The molecule has 0 radical (unpaired) electrons. The van der Waals surface area contributed by atoms with Gasteiger partial charge in [0.2, 0.25) is 0 Å². The number of rotatable bonds is 3. The molecule has 1 amide bonds. The monoisotopic (exact) mass is 259 g/mol. The number of aromatic carboxylic acids is 1. The Hall–Kier alpha value is -1.84. The van der Waals surface area contributed by atoms with Crippen LogP contribution in [0.3, 0.4) is 0 Å². The summed E-state index contributed by atoms with van der Waals surface area (Å²) in [4.78, 5) is 22.8. The van der Waals surface area contributed by atoms with Crippen LogP contribution in [0, 0.1) is 11.8 Å². The second-order valence-electron chi connectivity index (χ2n) is 5.64. The fourth-order valence-corrected chi connectivity index (χ4v) is 3.44. The maximum atomic E-state index is 12.1. The number of carbonyl (C=O) groups excluding carboxylic acids is 1. The number of benzene rings is 1. The third-order valence-electron chi connectivity index (χ3n) is 4.45. The minimum atomic E-state index is -0.972. The van der Waals surface area contributed by atoms with Crippen molar-refractivity contribution in [3.8, 4) is 0 Å². The summed E-state index contributed by atoms with van der Waals surface area (Å²) in [6.45, 7) is 0. The average molecular weight is 259 g/mol. The topological polar surface area (TPSA) is 66.4 Å². The number of fused-ring (bicyclic) bond motifs is 2. The van der Waals surface area contributed by atoms with Crippen LogP contribution in [0.15, 0.2) is 24.3 Å². The van der Waals surface area contributed by atoms with E-state index in [0.717, 1.165) is 12.3 Å². The van der Waals surface area contributed by atoms with Gasteiger partial charge in [0.1, 0.15) is 0 Å². The van der Waals surface area contributed by atoms with Gasteiger partial charge in [-0.05, 0) is 55.4 Å². The largest absolute Gasteiger partial charge is 0.478 e. The number of hydrogen-bond donors (Lipinski definition) is 2. The first-order chi connectivity index (χ1) is 9.13. The molecule has 0 saturated heterocycles. The van der Waals surface area contributed by atoms with E-state index in [4.69, 9.17) is 5.11 Å². The highest BCUT2D eigenvalue weighted by Gasteiger charge is 2.40. The van der Waals surface area contributed by atoms with Gasteiger partial charge in [0.05, 0.1) is 5.56 Å². The summed E-state index contributed by atoms with van der Waals surface area (Å²) in [6, 6.07) is 6.40. The van der Waals surface area contributed by atoms with E-state index in [-0.39, 0.29) is 11.5 Å². The van der Waals surface area contributed by atoms with E-state index in [1.54, 1.807) is 12.1 Å². The Morgan fingerprint density at radius 2 is 1.74 bits per heavy atom. The zero-order valence-corrected chi connectivity index (χ0v) is 10.6. The average Bonchev–Trinajstić information content (AvgIpc) is 3.01. The lowest BCUT2D eigenvalue weighted by molar-refractivity contribution is 0.0696. The van der Waals surface area contributed by atoms with E-state index in [0.29, 0.717) is 17.5 Å². The number of carboxylic acid groups (broad SMARTS) is 1. The summed E-state index contributed by atoms with van der Waals surface area (Å²) in [5.41, 5.74) is 0.740. The van der Waals surface area contributed by atoms with E-state index < -0.39 is 5.97 Å². The lowest BCUT2D eigenvalue weighted by Gasteiger charge is -2.22. The Labute approximate surface area is 111 Å². The van der Waals surface area contributed by atoms with Crippen LogP contribution in [0.4, 0.5) is 0 Å². The number of carbonyl (C=O) groups is 2. The molecule has 0 spiro atoms. The first-order valence-corrected chi connectivity index (χ1v) is 6.77. The van der Waals surface area contributed by atoms with E-state index in [9.17, 15) is 9.59 Å². The van der Waals surface area contributed by atoms with E-state index in [1.807, 2.05) is 0 Å². The maximum absolute atomic E-state index is 12.1. The summed E-state index contributed by atoms with van der Waals surface area (Å²) in [7, 11) is 0. The zero-order valence-electron chi connectivity index (χ0n) is 10.6. The molecule has 0 aromatic heterocycles. The molecule has 1 aromatic rings. The van der Waals surface area contributed by atoms with Crippen LogP contribution in [0.25, 0.3) is 0 Å². The molecule has 3 rings (SSSR count). The Morgan fingerprint density at radius 3 is 2.26 bits per heavy atom. The van der Waals surface area contributed by atoms with Gasteiger partial charge >= 0.3 is 5.97 Å². The highest BCUT2D eigenvalue weighted by atomic mass is 16.4. The summed E-state index contributed by atoms with van der Waals surface area (Å²) in [6.07, 6.45) is 4.89. The molecule has 100 valence electrons. The lowest BCUT2D eigenvalue weighted by Crippen LogP contribution is -2.38. The molecule has 2 saturated carbocycles. The van der Waals surface area contributed by atoms with Crippen molar-refractivity contribution in [1.29, 1.82) is 0 Å². The SMILES string of the molecule is O=C(O)c1ccc(C(=O)NC2CC3CCC2C3)cc1. The maximum Gasteiger partial charge on any atom is 0.335 e. The fraction of sp³-hybridized carbons (Fsp3) is 0.467. The second-order valence-corrected chi connectivity index (χ2v) is 5.64. The molecule has 19 heavy (non-hydrogen) atoms. The van der Waals surface area contributed by atoms with E-state index >= 15 is 0 Å². The molecule has 2 N–H and O–H groups in total. The van der Waals surface area contributed by atoms with Crippen LogP contribution < -0.4 is 5.32 Å². The van der Waals surface area contributed by atoms with Crippen molar-refractivity contribution in [2.75, 3.05) is 0 Å². The lowest BCUT2D eigenvalue weighted by atomic mass is 9.95. The third kappa shape index (κ3) is 2.35. The molecule has 3 atom stereocenters. The minimum absolute atomic E-state index is 0.0884. The van der Waals surface area contributed by atoms with Gasteiger partial charge in [-0.25, -0.2) is 4.79 Å². The molecule has 2 aliphatic carbocycles. The fourth-order valence-electron chi connectivity index (χ4n) is 3.44. The normalized spacial score (nSPS) is 28.3. The molecular formula is C15H17NO3. The highest BCUT2D eigenvalue weighted by Crippen LogP contribution is 2.44. The standard InChI is InChI=1S/C15H17NO3/c17-14(10-3-5-11(6-4-10)15(18)19)16-13-8-9-1-2-12(13)7-9/h3-6,9,12-13H,1-2,7-8H2,(H,16,17)(H,18,19). The molecule has 4 heteroatoms. The van der Waals surface area contributed by atoms with Crippen molar-refractivity contribution in [1.82, 2.24) is 5.32 Å². The molecular weight excluding hydrogens is 242 g/mol. The molecule has 2 bridgehead atoms. The number of hydrogen-bond acceptors (Lipinski definition) is 2. The van der Waals surface area contributed by atoms with Gasteiger partial charge in [-0.15, -0.1) is 0 Å². The van der Waals surface area contributed by atoms with Crippen LogP contribution in [-0.2, 0) is 0 Å². The van der Waals surface area contributed by atoms with E-state index in [1.165, 1.54) is 31.4 Å². The summed E-state index contributed by atoms with van der Waals surface area (Å²) in [5.74, 6) is 0.381. The zero-order chi connectivity index (χ0) is 13.4. The summed E-state index contributed by atoms with van der Waals surface area (Å²) in [5, 5.41) is 11.9. The predicted molar refractivity (Wildman–Crippen MR) is 70.1 cm³/mol. The van der Waals surface area contributed by atoms with Crippen molar-refractivity contribution < 1.29 is 14.7 Å². The van der Waals surface area contributed by atoms with Crippen molar-refractivity contribution >= 4 is 11.9 Å². The molecule has 0 aliphatic heterocycles. The van der Waals surface area contributed by atoms with Gasteiger partial charge in [0.15, 0.2) is 0 Å². The number of amides is 1. The van der Waals surface area contributed by atoms with Crippen LogP contribution >= 0.6 is 0 Å². The quantitative estimate of drug-likeness (QED) is 0.875. The van der Waals surface area contributed by atoms with Crippen molar-refractivity contribution in [3.05, 3.63) is 35.4 Å². The van der Waals surface area contributed by atoms with Crippen LogP contribution in [0.2, 0.25) is 0 Å². The first kappa shape index (κ1) is 12.2. The first-order valence-electron chi connectivity index (χ1n) is 6.77. The molecule has 2 aliphatic rings. The summed E-state index contributed by atoms with van der Waals surface area (Å²) >= 11 is 0. The summed E-state index contributed by atoms with van der Waals surface area (Å²) < 4.78 is 0. The number of carboxylic acids is 1. The number of nitrogens with one attached hydrogen (secondary N) is 1. The van der Waals surface area contributed by atoms with Crippen molar-refractivity contribution in [3.63, 3.8) is 0 Å². The van der Waals surface area contributed by atoms with E-state index in [2.05, 4.69) is 5.32 Å². The van der Waals surface area contributed by atoms with Crippen LogP contribution in [0.1, 0.15) is 46.4 Å². The van der Waals surface area contributed by atoms with Gasteiger partial charge in [-0.2, -0.15) is 0 Å². The van der Waals surface area contributed by atoms with Crippen LogP contribution in [-0.4, -0.2) is 23.0 Å². The molecule has 4 nitrogen and oxygen atoms in total. The van der Waals surface area contributed by atoms with Crippen molar-refractivity contribution in [2.45, 2.75) is 31.7 Å². The Bertz CT molecular complexity index is 509. The van der Waals surface area contributed by atoms with Gasteiger partial charge in [0.25, 0.3) is 5.91 Å². The Morgan fingerprint density at radius 1 is 1.05 bits per heavy atom. The Balaban J connectivity index is 1.65. The van der Waals surface area contributed by atoms with Crippen LogP contribution in [0.5, 0.6) is 0 Å². The Kier molecular flexibility index (Phi) is 3.01. The predicted octanol–water partition coefficient (Wildman–Crippen LogP) is 2.30. The molecule has 3 unspecified atom stereocenters. The highest BCUT2D eigenvalue weighted by molar-refractivity contribution is 5.96. The molecule has 1 aromatic carbocycles. The smallest absolute Gasteiger partial charge is 0.335 e. The second kappa shape index (κ2) is 4.68. The van der Waals surface area contributed by atoms with Gasteiger partial charge in [-0.3, -0.25) is 4.79 Å². The van der Waals surface area contributed by atoms with Gasteiger partial charge in [-0.1, -0.05) is 6.42 Å². The molecule has 2 fully saturated rings. The third-order valence-corrected chi connectivity index (χ3v) is 4.45. The minimum Gasteiger partial charge on any atom is -0.478 e. The molecule has 0 heterocycles. The van der Waals surface area contributed by atoms with Gasteiger partial charge < -0.3 is 10.4 Å². The van der Waals surface area contributed by atoms with Crippen molar-refractivity contribution in [2.24, 2.45) is 11.8 Å².